The molecule has 1 N–H and O–H groups in total. The number of aromatic carboxylic acids is 1. The summed E-state index contributed by atoms with van der Waals surface area (Å²) < 4.78 is 29.9. The van der Waals surface area contributed by atoms with E-state index in [9.17, 15) is 18.3 Å². The molecule has 1 aromatic carbocycles. The van der Waals surface area contributed by atoms with Crippen molar-refractivity contribution in [1.29, 1.82) is 0 Å². The third kappa shape index (κ3) is 2.49. The van der Waals surface area contributed by atoms with Gasteiger partial charge in [0.2, 0.25) is 0 Å². The Hall–Kier alpha value is -1.08. The monoisotopic (exact) mass is 348 g/mol. The van der Waals surface area contributed by atoms with Gasteiger partial charge in [-0.1, -0.05) is 6.92 Å². The Bertz CT molecular complexity index is 636. The van der Waals surface area contributed by atoms with E-state index in [4.69, 9.17) is 4.74 Å². The summed E-state index contributed by atoms with van der Waals surface area (Å²) in [6.07, 6.45) is 1.34. The molecule has 0 spiro atoms. The van der Waals surface area contributed by atoms with E-state index in [0.29, 0.717) is 23.1 Å². The zero-order valence-electron chi connectivity index (χ0n) is 10.3. The number of ether oxygens (including phenoxy) is 1. The second-order valence-electron chi connectivity index (χ2n) is 4.20. The van der Waals surface area contributed by atoms with E-state index in [2.05, 4.69) is 15.9 Å². The summed E-state index contributed by atoms with van der Waals surface area (Å²) in [4.78, 5) is 11.3. The van der Waals surface area contributed by atoms with Crippen LogP contribution in [-0.4, -0.2) is 31.9 Å². The lowest BCUT2D eigenvalue weighted by Crippen LogP contribution is -2.16. The normalized spacial score (nSPS) is 14.6. The molecule has 0 saturated heterocycles. The molecule has 104 valence electrons. The molecule has 0 atom stereocenters. The van der Waals surface area contributed by atoms with Gasteiger partial charge in [0.05, 0.1) is 17.3 Å². The van der Waals surface area contributed by atoms with Crippen LogP contribution in [0, 0.1) is 0 Å². The molecule has 0 aliphatic carbocycles. The van der Waals surface area contributed by atoms with Crippen LogP contribution >= 0.6 is 15.9 Å². The summed E-state index contributed by atoms with van der Waals surface area (Å²) in [5.74, 6) is -0.983. The van der Waals surface area contributed by atoms with Gasteiger partial charge >= 0.3 is 5.97 Å². The molecule has 1 aliphatic heterocycles. The fraction of sp³-hybridized carbons (Fsp3) is 0.417. The van der Waals surface area contributed by atoms with Crippen LogP contribution in [0.3, 0.4) is 0 Å². The highest BCUT2D eigenvalue weighted by Crippen LogP contribution is 2.39. The number of carboxylic acids is 1. The van der Waals surface area contributed by atoms with Crippen molar-refractivity contribution in [2.75, 3.05) is 12.4 Å². The standard InChI is InChI=1S/C12H13BrO5S/c1-2-19(16,17)9-6-8(12(14)15)11-7(10(9)13)4-3-5-18-11/h6H,2-5H2,1H3,(H,14,15). The van der Waals surface area contributed by atoms with Gasteiger partial charge in [0.25, 0.3) is 0 Å². The minimum atomic E-state index is -3.48. The number of benzene rings is 1. The number of halogens is 1. The average Bonchev–Trinajstić information content (AvgIpc) is 2.38. The number of carbonyl (C=O) groups is 1. The van der Waals surface area contributed by atoms with Crippen LogP contribution in [0.25, 0.3) is 0 Å². The molecule has 1 heterocycles. The summed E-state index contributed by atoms with van der Waals surface area (Å²) in [6.45, 7) is 1.97. The quantitative estimate of drug-likeness (QED) is 0.905. The predicted octanol–water partition coefficient (Wildman–Crippen LogP) is 2.27. The summed E-state index contributed by atoms with van der Waals surface area (Å²) in [6, 6.07) is 1.18. The third-order valence-corrected chi connectivity index (χ3v) is 5.96. The first-order valence-corrected chi connectivity index (χ1v) is 8.27. The lowest BCUT2D eigenvalue weighted by atomic mass is 10.0. The molecule has 0 bridgehead atoms. The smallest absolute Gasteiger partial charge is 0.339 e. The second kappa shape index (κ2) is 5.13. The minimum absolute atomic E-state index is 0.0247. The molecule has 0 unspecified atom stereocenters. The zero-order valence-corrected chi connectivity index (χ0v) is 12.7. The lowest BCUT2D eigenvalue weighted by Gasteiger charge is -2.22. The number of carboxylic acid groups (broad SMARTS) is 1. The van der Waals surface area contributed by atoms with Gasteiger partial charge in [0.15, 0.2) is 9.84 Å². The van der Waals surface area contributed by atoms with E-state index in [1.165, 1.54) is 13.0 Å². The number of sulfone groups is 1. The molecule has 0 radical (unpaired) electrons. The molecule has 2 rings (SSSR count). The highest BCUT2D eigenvalue weighted by atomic mass is 79.9. The maximum absolute atomic E-state index is 12.0. The number of hydrogen-bond donors (Lipinski definition) is 1. The van der Waals surface area contributed by atoms with Gasteiger partial charge in [-0.3, -0.25) is 0 Å². The predicted molar refractivity (Wildman–Crippen MR) is 72.6 cm³/mol. The molecule has 0 saturated carbocycles. The number of hydrogen-bond acceptors (Lipinski definition) is 4. The first-order valence-electron chi connectivity index (χ1n) is 5.82. The molecule has 1 aromatic rings. The zero-order chi connectivity index (χ0) is 14.2. The molecule has 0 fully saturated rings. The summed E-state index contributed by atoms with van der Waals surface area (Å²) in [5.41, 5.74) is 0.531. The van der Waals surface area contributed by atoms with Gasteiger partial charge in [-0.05, 0) is 34.8 Å². The Labute approximate surface area is 119 Å². The van der Waals surface area contributed by atoms with E-state index in [1.807, 2.05) is 0 Å². The first-order chi connectivity index (χ1) is 8.88. The van der Waals surface area contributed by atoms with Crippen molar-refractivity contribution in [2.45, 2.75) is 24.7 Å². The largest absolute Gasteiger partial charge is 0.492 e. The Morgan fingerprint density at radius 2 is 2.21 bits per heavy atom. The van der Waals surface area contributed by atoms with Crippen molar-refractivity contribution < 1.29 is 23.1 Å². The number of fused-ring (bicyclic) bond motifs is 1. The van der Waals surface area contributed by atoms with Gasteiger partial charge in [-0.15, -0.1) is 0 Å². The highest BCUT2D eigenvalue weighted by Gasteiger charge is 2.28. The van der Waals surface area contributed by atoms with Crippen LogP contribution in [0.5, 0.6) is 5.75 Å². The van der Waals surface area contributed by atoms with Crippen LogP contribution < -0.4 is 4.74 Å². The Morgan fingerprint density at radius 3 is 2.79 bits per heavy atom. The third-order valence-electron chi connectivity index (χ3n) is 3.04. The van der Waals surface area contributed by atoms with Crippen molar-refractivity contribution in [3.05, 3.63) is 21.7 Å². The van der Waals surface area contributed by atoms with Crippen molar-refractivity contribution in [3.8, 4) is 5.75 Å². The SMILES string of the molecule is CCS(=O)(=O)c1cc(C(=O)O)c2c(c1Br)CCCO2. The maximum atomic E-state index is 12.0. The van der Waals surface area contributed by atoms with Gasteiger partial charge in [-0.25, -0.2) is 13.2 Å². The van der Waals surface area contributed by atoms with Crippen LogP contribution in [0.4, 0.5) is 0 Å². The van der Waals surface area contributed by atoms with Gasteiger partial charge in [0, 0.05) is 10.0 Å². The van der Waals surface area contributed by atoms with Crippen molar-refractivity contribution in [3.63, 3.8) is 0 Å². The van der Waals surface area contributed by atoms with E-state index in [1.54, 1.807) is 0 Å². The molecule has 19 heavy (non-hydrogen) atoms. The molecule has 0 amide bonds. The summed E-state index contributed by atoms with van der Waals surface area (Å²) in [5, 5.41) is 9.20. The highest BCUT2D eigenvalue weighted by molar-refractivity contribution is 9.10. The Balaban J connectivity index is 2.78. The van der Waals surface area contributed by atoms with Crippen molar-refractivity contribution in [2.24, 2.45) is 0 Å². The summed E-state index contributed by atoms with van der Waals surface area (Å²) in [7, 11) is -3.48. The molecule has 7 heteroatoms. The lowest BCUT2D eigenvalue weighted by molar-refractivity contribution is 0.0690. The Morgan fingerprint density at radius 1 is 1.53 bits per heavy atom. The van der Waals surface area contributed by atoms with E-state index < -0.39 is 15.8 Å². The molecular formula is C12H13BrO5S. The number of rotatable bonds is 3. The molecular weight excluding hydrogens is 336 g/mol. The fourth-order valence-electron chi connectivity index (χ4n) is 2.02. The van der Waals surface area contributed by atoms with Gasteiger partial charge in [0.1, 0.15) is 11.3 Å². The van der Waals surface area contributed by atoms with Gasteiger partial charge < -0.3 is 9.84 Å². The van der Waals surface area contributed by atoms with Crippen LogP contribution in [0.15, 0.2) is 15.4 Å². The molecule has 5 nitrogen and oxygen atoms in total. The Kier molecular flexibility index (Phi) is 3.87. The first kappa shape index (κ1) is 14.3. The average molecular weight is 349 g/mol. The van der Waals surface area contributed by atoms with E-state index >= 15 is 0 Å². The fourth-order valence-corrected chi connectivity index (χ4v) is 4.26. The van der Waals surface area contributed by atoms with E-state index in [-0.39, 0.29) is 22.0 Å². The van der Waals surface area contributed by atoms with Crippen LogP contribution in [-0.2, 0) is 16.3 Å². The summed E-state index contributed by atoms with van der Waals surface area (Å²) >= 11 is 3.27. The molecule has 0 aromatic heterocycles. The van der Waals surface area contributed by atoms with Crippen LogP contribution in [0.2, 0.25) is 0 Å². The topological polar surface area (TPSA) is 80.7 Å². The second-order valence-corrected chi connectivity index (χ2v) is 7.24. The molecule has 1 aliphatic rings. The minimum Gasteiger partial charge on any atom is -0.492 e. The van der Waals surface area contributed by atoms with Crippen molar-refractivity contribution in [1.82, 2.24) is 0 Å². The maximum Gasteiger partial charge on any atom is 0.339 e. The van der Waals surface area contributed by atoms with Crippen LogP contribution in [0.1, 0.15) is 29.3 Å². The van der Waals surface area contributed by atoms with E-state index in [0.717, 1.165) is 6.42 Å². The van der Waals surface area contributed by atoms with Crippen molar-refractivity contribution >= 4 is 31.7 Å². The van der Waals surface area contributed by atoms with Gasteiger partial charge in [-0.2, -0.15) is 0 Å².